The van der Waals surface area contributed by atoms with Crippen molar-refractivity contribution in [1.29, 1.82) is 0 Å². The summed E-state index contributed by atoms with van der Waals surface area (Å²) in [6.07, 6.45) is 0. The molecule has 5 rings (SSSR count). The van der Waals surface area contributed by atoms with Gasteiger partial charge in [-0.15, -0.1) is 11.3 Å². The number of thiophene rings is 2. The van der Waals surface area contributed by atoms with E-state index in [1.165, 1.54) is 11.3 Å². The number of amides is 2. The lowest BCUT2D eigenvalue weighted by Gasteiger charge is -2.42. The van der Waals surface area contributed by atoms with Gasteiger partial charge in [-0.3, -0.25) is 9.59 Å². The summed E-state index contributed by atoms with van der Waals surface area (Å²) in [6, 6.07) is 16.0. The molecule has 154 valence electrons. The van der Waals surface area contributed by atoms with Gasteiger partial charge in [-0.25, -0.2) is 0 Å². The summed E-state index contributed by atoms with van der Waals surface area (Å²) in [5.74, 6) is -0.174. The third-order valence-electron chi connectivity index (χ3n) is 5.95. The van der Waals surface area contributed by atoms with Gasteiger partial charge in [0.25, 0.3) is 11.8 Å². The summed E-state index contributed by atoms with van der Waals surface area (Å²) in [7, 11) is 0. The molecule has 7 heteroatoms. The molecule has 0 saturated carbocycles. The maximum atomic E-state index is 13.7. The van der Waals surface area contributed by atoms with Crippen LogP contribution in [-0.4, -0.2) is 53.5 Å². The predicted octanol–water partition coefficient (Wildman–Crippen LogP) is 3.85. The summed E-state index contributed by atoms with van der Waals surface area (Å²) in [6.45, 7) is 2.29. The SMILES string of the molecule is O=C(c1ccsc1)N1CCO[C@@]2(C1)C(=O)N(Cc1cccs1)C[C@H]2c1ccccc1. The van der Waals surface area contributed by atoms with E-state index in [-0.39, 0.29) is 24.3 Å². The van der Waals surface area contributed by atoms with Gasteiger partial charge in [0.1, 0.15) is 0 Å². The fourth-order valence-corrected chi connectivity index (χ4v) is 5.83. The number of carbonyl (C=O) groups excluding carboxylic acids is 2. The standard InChI is InChI=1S/C23H22N2O3S2/c26-21(18-8-12-29-15-18)24-9-10-28-23(16-24)20(17-5-2-1-3-6-17)14-25(22(23)27)13-19-7-4-11-30-19/h1-8,11-12,15,20H,9-10,13-14,16H2/t20-,23+/m0/s1. The van der Waals surface area contributed by atoms with E-state index in [0.717, 1.165) is 10.4 Å². The number of hydrogen-bond acceptors (Lipinski definition) is 5. The Balaban J connectivity index is 1.48. The van der Waals surface area contributed by atoms with Crippen molar-refractivity contribution in [3.63, 3.8) is 0 Å². The molecule has 1 spiro atoms. The highest BCUT2D eigenvalue weighted by Gasteiger charge is 2.58. The van der Waals surface area contributed by atoms with Crippen molar-refractivity contribution >= 4 is 34.5 Å². The van der Waals surface area contributed by atoms with Crippen LogP contribution in [0.4, 0.5) is 0 Å². The van der Waals surface area contributed by atoms with E-state index in [4.69, 9.17) is 4.74 Å². The summed E-state index contributed by atoms with van der Waals surface area (Å²) in [5.41, 5.74) is 0.710. The summed E-state index contributed by atoms with van der Waals surface area (Å²) >= 11 is 3.15. The molecule has 2 atom stereocenters. The largest absolute Gasteiger partial charge is 0.361 e. The Morgan fingerprint density at radius 1 is 1.13 bits per heavy atom. The van der Waals surface area contributed by atoms with Crippen molar-refractivity contribution in [2.45, 2.75) is 18.1 Å². The van der Waals surface area contributed by atoms with E-state index in [9.17, 15) is 9.59 Å². The number of hydrogen-bond donors (Lipinski definition) is 0. The second-order valence-electron chi connectivity index (χ2n) is 7.70. The number of nitrogens with zero attached hydrogens (tertiary/aromatic N) is 2. The van der Waals surface area contributed by atoms with E-state index in [0.29, 0.717) is 31.8 Å². The van der Waals surface area contributed by atoms with Crippen molar-refractivity contribution < 1.29 is 14.3 Å². The molecule has 30 heavy (non-hydrogen) atoms. The topological polar surface area (TPSA) is 49.9 Å². The zero-order valence-electron chi connectivity index (χ0n) is 16.4. The zero-order valence-corrected chi connectivity index (χ0v) is 18.0. The van der Waals surface area contributed by atoms with E-state index < -0.39 is 5.60 Å². The van der Waals surface area contributed by atoms with Crippen LogP contribution in [0.3, 0.4) is 0 Å². The van der Waals surface area contributed by atoms with Gasteiger partial charge >= 0.3 is 0 Å². The van der Waals surface area contributed by atoms with Crippen LogP contribution in [0.15, 0.2) is 64.7 Å². The van der Waals surface area contributed by atoms with Crippen molar-refractivity contribution in [2.24, 2.45) is 0 Å². The average molecular weight is 439 g/mol. The zero-order chi connectivity index (χ0) is 20.6. The lowest BCUT2D eigenvalue weighted by atomic mass is 9.83. The molecule has 2 saturated heterocycles. The molecule has 2 fully saturated rings. The van der Waals surface area contributed by atoms with Gasteiger partial charge in [0.2, 0.25) is 0 Å². The second-order valence-corrected chi connectivity index (χ2v) is 9.52. The van der Waals surface area contributed by atoms with E-state index >= 15 is 0 Å². The lowest BCUT2D eigenvalue weighted by molar-refractivity contribution is -0.160. The lowest BCUT2D eigenvalue weighted by Crippen LogP contribution is -2.59. The molecular weight excluding hydrogens is 416 g/mol. The molecule has 5 nitrogen and oxygen atoms in total. The minimum atomic E-state index is -1.04. The first kappa shape index (κ1) is 19.5. The Labute approximate surface area is 183 Å². The first-order valence-corrected chi connectivity index (χ1v) is 11.8. The van der Waals surface area contributed by atoms with Gasteiger partial charge in [0.15, 0.2) is 5.60 Å². The molecule has 4 heterocycles. The van der Waals surface area contributed by atoms with Crippen molar-refractivity contribution in [2.75, 3.05) is 26.2 Å². The number of carbonyl (C=O) groups is 2. The molecule has 2 amide bonds. The highest BCUT2D eigenvalue weighted by Crippen LogP contribution is 2.43. The molecule has 0 radical (unpaired) electrons. The van der Waals surface area contributed by atoms with Gasteiger partial charge < -0.3 is 14.5 Å². The molecule has 2 aromatic heterocycles. The average Bonchev–Trinajstić information content (AvgIpc) is 3.54. The molecule has 2 aliphatic heterocycles. The Morgan fingerprint density at radius 3 is 2.73 bits per heavy atom. The molecule has 2 aliphatic rings. The maximum Gasteiger partial charge on any atom is 0.257 e. The smallest absolute Gasteiger partial charge is 0.257 e. The van der Waals surface area contributed by atoms with Crippen LogP contribution in [-0.2, 0) is 16.1 Å². The maximum absolute atomic E-state index is 13.7. The van der Waals surface area contributed by atoms with Crippen LogP contribution >= 0.6 is 22.7 Å². The minimum absolute atomic E-state index is 0.0208. The van der Waals surface area contributed by atoms with Crippen LogP contribution < -0.4 is 0 Å². The number of rotatable bonds is 4. The van der Waals surface area contributed by atoms with Gasteiger partial charge in [0, 0.05) is 29.3 Å². The molecule has 0 bridgehead atoms. The Kier molecular flexibility index (Phi) is 5.18. The van der Waals surface area contributed by atoms with Crippen LogP contribution in [0, 0.1) is 0 Å². The fraction of sp³-hybridized carbons (Fsp3) is 0.304. The monoisotopic (exact) mass is 438 g/mol. The Morgan fingerprint density at radius 2 is 2.00 bits per heavy atom. The van der Waals surface area contributed by atoms with Crippen molar-refractivity contribution in [3.05, 3.63) is 80.7 Å². The van der Waals surface area contributed by atoms with Gasteiger partial charge in [-0.2, -0.15) is 11.3 Å². The highest BCUT2D eigenvalue weighted by atomic mass is 32.1. The number of ether oxygens (including phenoxy) is 1. The highest BCUT2D eigenvalue weighted by molar-refractivity contribution is 7.09. The van der Waals surface area contributed by atoms with Crippen LogP contribution in [0.25, 0.3) is 0 Å². The predicted molar refractivity (Wildman–Crippen MR) is 118 cm³/mol. The summed E-state index contributed by atoms with van der Waals surface area (Å²) in [4.78, 5) is 31.6. The fourth-order valence-electron chi connectivity index (χ4n) is 4.48. The van der Waals surface area contributed by atoms with E-state index in [1.807, 2.05) is 51.4 Å². The quantitative estimate of drug-likeness (QED) is 0.622. The van der Waals surface area contributed by atoms with Crippen molar-refractivity contribution in [3.8, 4) is 0 Å². The summed E-state index contributed by atoms with van der Waals surface area (Å²) < 4.78 is 6.27. The van der Waals surface area contributed by atoms with E-state index in [1.54, 1.807) is 16.2 Å². The number of benzene rings is 1. The molecule has 0 N–H and O–H groups in total. The van der Waals surface area contributed by atoms with Gasteiger partial charge in [-0.05, 0) is 28.5 Å². The molecule has 1 aromatic carbocycles. The van der Waals surface area contributed by atoms with E-state index in [2.05, 4.69) is 18.2 Å². The first-order chi connectivity index (χ1) is 14.7. The van der Waals surface area contributed by atoms with Crippen LogP contribution in [0.1, 0.15) is 26.7 Å². The number of morpholine rings is 1. The molecule has 0 unspecified atom stereocenters. The molecular formula is C23H22N2O3S2. The Bertz CT molecular complexity index is 1020. The van der Waals surface area contributed by atoms with Crippen molar-refractivity contribution in [1.82, 2.24) is 9.80 Å². The molecule has 3 aromatic rings. The Hall–Kier alpha value is -2.48. The minimum Gasteiger partial charge on any atom is -0.361 e. The van der Waals surface area contributed by atoms with Crippen LogP contribution in [0.2, 0.25) is 0 Å². The number of likely N-dealkylation sites (tertiary alicyclic amines) is 1. The third kappa shape index (κ3) is 3.37. The van der Waals surface area contributed by atoms with Gasteiger partial charge in [-0.1, -0.05) is 36.4 Å². The van der Waals surface area contributed by atoms with Gasteiger partial charge in [0.05, 0.1) is 25.3 Å². The summed E-state index contributed by atoms with van der Waals surface area (Å²) in [5, 5.41) is 5.79. The second kappa shape index (κ2) is 7.98. The van der Waals surface area contributed by atoms with Crippen LogP contribution in [0.5, 0.6) is 0 Å². The first-order valence-electron chi connectivity index (χ1n) is 9.99. The molecule has 0 aliphatic carbocycles. The normalized spacial score (nSPS) is 24.0. The third-order valence-corrected chi connectivity index (χ3v) is 7.49.